The normalized spacial score (nSPS) is 10.7. The van der Waals surface area contributed by atoms with Gasteiger partial charge in [0.2, 0.25) is 0 Å². The van der Waals surface area contributed by atoms with Gasteiger partial charge >= 0.3 is 0 Å². The zero-order valence-electron chi connectivity index (χ0n) is 10.1. The molecule has 2 rings (SSSR count). The molecule has 2 aromatic rings. The molecule has 0 bridgehead atoms. The van der Waals surface area contributed by atoms with Gasteiger partial charge in [-0.1, -0.05) is 45.2 Å². The van der Waals surface area contributed by atoms with Gasteiger partial charge in [0, 0.05) is 20.9 Å². The van der Waals surface area contributed by atoms with Crippen molar-refractivity contribution < 1.29 is 4.74 Å². The van der Waals surface area contributed by atoms with Gasteiger partial charge in [-0.15, -0.1) is 0 Å². The van der Waals surface area contributed by atoms with Crippen LogP contribution >= 0.6 is 71.0 Å². The van der Waals surface area contributed by atoms with Crippen LogP contribution in [0.5, 0.6) is 5.75 Å². The zero-order valence-corrected chi connectivity index (χ0v) is 16.4. The molecule has 20 heavy (non-hydrogen) atoms. The summed E-state index contributed by atoms with van der Waals surface area (Å²) in [4.78, 5) is 0. The maximum Gasteiger partial charge on any atom is 0.148 e. The molecule has 0 atom stereocenters. The van der Waals surface area contributed by atoms with Gasteiger partial charge < -0.3 is 4.74 Å². The largest absolute Gasteiger partial charge is 0.486 e. The van der Waals surface area contributed by atoms with Gasteiger partial charge in [-0.05, 0) is 61.7 Å². The van der Waals surface area contributed by atoms with Crippen molar-refractivity contribution in [3.8, 4) is 5.75 Å². The van der Waals surface area contributed by atoms with Crippen LogP contribution in [0.3, 0.4) is 0 Å². The smallest absolute Gasteiger partial charge is 0.148 e. The first-order valence-corrected chi connectivity index (χ1v) is 9.08. The minimum atomic E-state index is 0.376. The Kier molecular flexibility index (Phi) is 6.24. The lowest BCUT2D eigenvalue weighted by atomic mass is 10.2. The monoisotopic (exact) mass is 500 g/mol. The first-order valence-electron chi connectivity index (χ1n) is 5.62. The number of hydrogen-bond acceptors (Lipinski definition) is 1. The number of benzene rings is 2. The van der Waals surface area contributed by atoms with Crippen molar-refractivity contribution in [3.05, 3.63) is 60.4 Å². The molecule has 0 saturated heterocycles. The van der Waals surface area contributed by atoms with E-state index in [1.165, 1.54) is 0 Å². The number of rotatable bonds is 4. The Balaban J connectivity index is 2.19. The van der Waals surface area contributed by atoms with E-state index in [1.807, 2.05) is 18.2 Å². The second kappa shape index (κ2) is 7.50. The summed E-state index contributed by atoms with van der Waals surface area (Å²) in [6, 6.07) is 9.39. The lowest BCUT2D eigenvalue weighted by molar-refractivity contribution is 0.302. The number of halogens is 5. The maximum atomic E-state index is 6.13. The van der Waals surface area contributed by atoms with Gasteiger partial charge in [0.1, 0.15) is 12.4 Å². The number of alkyl halides is 1. The fourth-order valence-corrected chi connectivity index (χ4v) is 3.91. The van der Waals surface area contributed by atoms with Crippen LogP contribution in [0.15, 0.2) is 39.3 Å². The average molecular weight is 504 g/mol. The van der Waals surface area contributed by atoms with E-state index in [1.54, 1.807) is 12.1 Å². The minimum Gasteiger partial charge on any atom is -0.486 e. The molecule has 0 radical (unpaired) electrons. The lowest BCUT2D eigenvalue weighted by Crippen LogP contribution is -1.98. The van der Waals surface area contributed by atoms with Crippen LogP contribution in [-0.2, 0) is 11.9 Å². The van der Waals surface area contributed by atoms with Crippen molar-refractivity contribution in [3.63, 3.8) is 0 Å². The van der Waals surface area contributed by atoms with Crippen molar-refractivity contribution in [2.45, 2.75) is 11.9 Å². The molecule has 0 aliphatic rings. The van der Waals surface area contributed by atoms with Crippen LogP contribution in [0.1, 0.15) is 11.1 Å². The summed E-state index contributed by atoms with van der Waals surface area (Å²) in [6.07, 6.45) is 0. The first-order chi connectivity index (χ1) is 9.51. The summed E-state index contributed by atoms with van der Waals surface area (Å²) in [5.41, 5.74) is 2.04. The van der Waals surface area contributed by atoms with E-state index in [9.17, 15) is 0 Å². The summed E-state index contributed by atoms with van der Waals surface area (Å²) >= 11 is 22.5. The van der Waals surface area contributed by atoms with Gasteiger partial charge in [0.25, 0.3) is 0 Å². The van der Waals surface area contributed by atoms with Gasteiger partial charge in [-0.2, -0.15) is 0 Å². The lowest BCUT2D eigenvalue weighted by Gasteiger charge is -2.12. The van der Waals surface area contributed by atoms with Crippen LogP contribution in [0.25, 0.3) is 0 Å². The van der Waals surface area contributed by atoms with E-state index in [0.29, 0.717) is 16.7 Å². The predicted molar refractivity (Wildman–Crippen MR) is 95.3 cm³/mol. The molecule has 106 valence electrons. The molecule has 0 spiro atoms. The molecule has 0 aromatic heterocycles. The molecule has 0 heterocycles. The van der Waals surface area contributed by atoms with Crippen molar-refractivity contribution in [1.29, 1.82) is 0 Å². The van der Waals surface area contributed by atoms with Gasteiger partial charge in [-0.25, -0.2) is 0 Å². The van der Waals surface area contributed by atoms with Crippen LogP contribution < -0.4 is 4.74 Å². The first kappa shape index (κ1) is 16.6. The molecular formula is C14H9Br3Cl2O. The highest BCUT2D eigenvalue weighted by Gasteiger charge is 2.10. The summed E-state index contributed by atoms with van der Waals surface area (Å²) in [5, 5.41) is 2.00. The van der Waals surface area contributed by atoms with Gasteiger partial charge in [-0.3, -0.25) is 0 Å². The predicted octanol–water partition coefficient (Wildman–Crippen LogP) is 6.99. The highest BCUT2D eigenvalue weighted by Crippen LogP contribution is 2.36. The third-order valence-electron chi connectivity index (χ3n) is 2.60. The molecule has 0 aliphatic heterocycles. The highest BCUT2D eigenvalue weighted by atomic mass is 79.9. The van der Waals surface area contributed by atoms with E-state index < -0.39 is 0 Å². The Morgan fingerprint density at radius 2 is 1.65 bits per heavy atom. The van der Waals surface area contributed by atoms with Crippen molar-refractivity contribution >= 4 is 71.0 Å². The Morgan fingerprint density at radius 3 is 2.20 bits per heavy atom. The molecule has 6 heteroatoms. The van der Waals surface area contributed by atoms with Crippen LogP contribution in [0.4, 0.5) is 0 Å². The van der Waals surface area contributed by atoms with Crippen LogP contribution in [0, 0.1) is 0 Å². The molecule has 1 nitrogen and oxygen atoms in total. The molecule has 0 amide bonds. The topological polar surface area (TPSA) is 9.23 Å². The standard InChI is InChI=1S/C14H9Br3Cl2O/c15-6-8-3-11(16)14(12(17)4-8)20-7-9-1-2-10(18)5-13(9)19/h1-5H,6-7H2. The van der Waals surface area contributed by atoms with E-state index in [2.05, 4.69) is 47.8 Å². The van der Waals surface area contributed by atoms with E-state index >= 15 is 0 Å². The fourth-order valence-electron chi connectivity index (χ4n) is 1.62. The van der Waals surface area contributed by atoms with Gasteiger partial charge in [0.05, 0.1) is 8.95 Å². The molecule has 0 N–H and O–H groups in total. The Hall–Kier alpha value is 0.260. The fraction of sp³-hybridized carbons (Fsp3) is 0.143. The molecule has 0 unspecified atom stereocenters. The second-order valence-electron chi connectivity index (χ2n) is 4.05. The molecule has 0 fully saturated rings. The zero-order chi connectivity index (χ0) is 14.7. The van der Waals surface area contributed by atoms with E-state index in [-0.39, 0.29) is 0 Å². The third kappa shape index (κ3) is 4.14. The molecule has 0 saturated carbocycles. The van der Waals surface area contributed by atoms with Crippen LogP contribution in [-0.4, -0.2) is 0 Å². The van der Waals surface area contributed by atoms with Crippen molar-refractivity contribution in [2.75, 3.05) is 0 Å². The summed E-state index contributed by atoms with van der Waals surface area (Å²) in [6.45, 7) is 0.376. The molecule has 0 aliphatic carbocycles. The molecule has 2 aromatic carbocycles. The quantitative estimate of drug-likeness (QED) is 0.409. The Morgan fingerprint density at radius 1 is 1.00 bits per heavy atom. The number of hydrogen-bond donors (Lipinski definition) is 0. The average Bonchev–Trinajstić information content (AvgIpc) is 2.39. The summed E-state index contributed by atoms with van der Waals surface area (Å²) < 4.78 is 7.63. The number of ether oxygens (including phenoxy) is 1. The van der Waals surface area contributed by atoms with Gasteiger partial charge in [0.15, 0.2) is 0 Å². The Labute approximate surface area is 153 Å². The summed E-state index contributed by atoms with van der Waals surface area (Å²) in [5.74, 6) is 0.751. The third-order valence-corrected chi connectivity index (χ3v) is 5.01. The Bertz CT molecular complexity index is 609. The van der Waals surface area contributed by atoms with Crippen molar-refractivity contribution in [1.82, 2.24) is 0 Å². The second-order valence-corrected chi connectivity index (χ2v) is 7.16. The van der Waals surface area contributed by atoms with Crippen molar-refractivity contribution in [2.24, 2.45) is 0 Å². The molecular weight excluding hydrogens is 495 g/mol. The maximum absolute atomic E-state index is 6.13. The minimum absolute atomic E-state index is 0.376. The highest BCUT2D eigenvalue weighted by molar-refractivity contribution is 9.11. The van der Waals surface area contributed by atoms with E-state index in [4.69, 9.17) is 27.9 Å². The van der Waals surface area contributed by atoms with E-state index in [0.717, 1.165) is 31.2 Å². The summed E-state index contributed by atoms with van der Waals surface area (Å²) in [7, 11) is 0. The van der Waals surface area contributed by atoms with Crippen LogP contribution in [0.2, 0.25) is 10.0 Å². The SMILES string of the molecule is Clc1ccc(COc2c(Br)cc(CBr)cc2Br)c(Cl)c1.